The van der Waals surface area contributed by atoms with E-state index in [-0.39, 0.29) is 6.04 Å². The molecule has 1 aromatic heterocycles. The van der Waals surface area contributed by atoms with Gasteiger partial charge in [-0.3, -0.25) is 4.68 Å². The van der Waals surface area contributed by atoms with E-state index in [0.717, 1.165) is 12.2 Å². The molecule has 0 bridgehead atoms. The summed E-state index contributed by atoms with van der Waals surface area (Å²) in [6, 6.07) is 0.00491. The first-order valence-corrected chi connectivity index (χ1v) is 4.30. The summed E-state index contributed by atoms with van der Waals surface area (Å²) in [4.78, 5) is 0. The van der Waals surface area contributed by atoms with Crippen molar-refractivity contribution in [3.63, 3.8) is 0 Å². The first-order valence-electron chi connectivity index (χ1n) is 4.30. The molecule has 1 unspecified atom stereocenters. The molecule has 0 aliphatic carbocycles. The third-order valence-electron chi connectivity index (χ3n) is 1.94. The molecule has 1 aromatic rings. The number of nitrogens with two attached hydrogens (primary N) is 1. The second-order valence-corrected chi connectivity index (χ2v) is 3.27. The van der Waals surface area contributed by atoms with Gasteiger partial charge in [-0.2, -0.15) is 0 Å². The average Bonchev–Trinajstić information content (AvgIpc) is 2.50. The third-order valence-corrected chi connectivity index (χ3v) is 1.94. The molecule has 4 nitrogen and oxygen atoms in total. The van der Waals surface area contributed by atoms with Gasteiger partial charge in [-0.25, -0.2) is 0 Å². The predicted octanol–water partition coefficient (Wildman–Crippen LogP) is 0.954. The van der Waals surface area contributed by atoms with E-state index in [1.54, 1.807) is 4.68 Å². The summed E-state index contributed by atoms with van der Waals surface area (Å²) >= 11 is 0. The first kappa shape index (κ1) is 9.19. The number of aromatic nitrogens is 3. The van der Waals surface area contributed by atoms with Crippen LogP contribution in [0.25, 0.3) is 0 Å². The Kier molecular flexibility index (Phi) is 2.81. The molecule has 0 radical (unpaired) electrons. The average molecular weight is 168 g/mol. The number of hydrogen-bond donors (Lipinski definition) is 1. The monoisotopic (exact) mass is 168 g/mol. The van der Waals surface area contributed by atoms with Crippen LogP contribution >= 0.6 is 0 Å². The molecule has 1 rings (SSSR count). The van der Waals surface area contributed by atoms with Crippen molar-refractivity contribution in [2.45, 2.75) is 33.4 Å². The largest absolute Gasteiger partial charge is 0.322 e. The van der Waals surface area contributed by atoms with Gasteiger partial charge < -0.3 is 5.73 Å². The SMILES string of the molecule is CCn1cc(C(N)C(C)C)nn1. The van der Waals surface area contributed by atoms with Gasteiger partial charge in [0.2, 0.25) is 0 Å². The molecule has 0 saturated heterocycles. The van der Waals surface area contributed by atoms with Gasteiger partial charge in [0.05, 0.1) is 17.9 Å². The standard InChI is InChI=1S/C8H16N4/c1-4-12-5-7(10-11-12)8(9)6(2)3/h5-6,8H,4,9H2,1-3H3. The molecule has 2 N–H and O–H groups in total. The Morgan fingerprint density at radius 1 is 1.58 bits per heavy atom. The van der Waals surface area contributed by atoms with Crippen molar-refractivity contribution in [1.82, 2.24) is 15.0 Å². The highest BCUT2D eigenvalue weighted by Crippen LogP contribution is 2.15. The van der Waals surface area contributed by atoms with Crippen molar-refractivity contribution in [3.8, 4) is 0 Å². The Morgan fingerprint density at radius 3 is 2.67 bits per heavy atom. The molecule has 68 valence electrons. The minimum atomic E-state index is 0.00491. The maximum Gasteiger partial charge on any atom is 0.0996 e. The summed E-state index contributed by atoms with van der Waals surface area (Å²) in [5.41, 5.74) is 6.77. The van der Waals surface area contributed by atoms with E-state index in [4.69, 9.17) is 5.73 Å². The Morgan fingerprint density at radius 2 is 2.25 bits per heavy atom. The van der Waals surface area contributed by atoms with Crippen LogP contribution in [0.4, 0.5) is 0 Å². The van der Waals surface area contributed by atoms with Crippen molar-refractivity contribution < 1.29 is 0 Å². The fourth-order valence-corrected chi connectivity index (χ4v) is 0.962. The summed E-state index contributed by atoms with van der Waals surface area (Å²) in [6.45, 7) is 7.03. The zero-order valence-electron chi connectivity index (χ0n) is 7.86. The van der Waals surface area contributed by atoms with Crippen LogP contribution in [0.3, 0.4) is 0 Å². The third kappa shape index (κ3) is 1.82. The number of rotatable bonds is 3. The van der Waals surface area contributed by atoms with Crippen molar-refractivity contribution >= 4 is 0 Å². The molecule has 0 fully saturated rings. The Hall–Kier alpha value is -0.900. The molecule has 4 heteroatoms. The molecule has 0 saturated carbocycles. The van der Waals surface area contributed by atoms with E-state index in [1.807, 2.05) is 13.1 Å². The van der Waals surface area contributed by atoms with Crippen LogP contribution in [0.5, 0.6) is 0 Å². The van der Waals surface area contributed by atoms with Gasteiger partial charge in [0.1, 0.15) is 0 Å². The Bertz CT molecular complexity index is 241. The first-order chi connectivity index (χ1) is 5.65. The second-order valence-electron chi connectivity index (χ2n) is 3.27. The lowest BCUT2D eigenvalue weighted by Crippen LogP contribution is -2.17. The van der Waals surface area contributed by atoms with Gasteiger partial charge in [0.15, 0.2) is 0 Å². The second kappa shape index (κ2) is 3.67. The highest BCUT2D eigenvalue weighted by Gasteiger charge is 2.13. The van der Waals surface area contributed by atoms with Gasteiger partial charge in [0, 0.05) is 6.54 Å². The van der Waals surface area contributed by atoms with Crippen molar-refractivity contribution in [3.05, 3.63) is 11.9 Å². The molecule has 12 heavy (non-hydrogen) atoms. The topological polar surface area (TPSA) is 56.7 Å². The van der Waals surface area contributed by atoms with E-state index in [1.165, 1.54) is 0 Å². The van der Waals surface area contributed by atoms with Gasteiger partial charge in [-0.15, -0.1) is 5.10 Å². The van der Waals surface area contributed by atoms with E-state index >= 15 is 0 Å². The molecule has 0 spiro atoms. The molecule has 0 aromatic carbocycles. The molecule has 0 amide bonds. The molecular formula is C8H16N4. The van der Waals surface area contributed by atoms with Crippen LogP contribution in [-0.2, 0) is 6.54 Å². The molecule has 1 atom stereocenters. The maximum atomic E-state index is 5.89. The minimum absolute atomic E-state index is 0.00491. The van der Waals surface area contributed by atoms with Crippen molar-refractivity contribution in [2.75, 3.05) is 0 Å². The van der Waals surface area contributed by atoms with E-state index in [9.17, 15) is 0 Å². The lowest BCUT2D eigenvalue weighted by atomic mass is 10.0. The van der Waals surface area contributed by atoms with Gasteiger partial charge in [0.25, 0.3) is 0 Å². The summed E-state index contributed by atoms with van der Waals surface area (Å²) in [5.74, 6) is 0.409. The highest BCUT2D eigenvalue weighted by atomic mass is 15.4. The fraction of sp³-hybridized carbons (Fsp3) is 0.750. The fourth-order valence-electron chi connectivity index (χ4n) is 0.962. The summed E-state index contributed by atoms with van der Waals surface area (Å²) < 4.78 is 1.79. The lowest BCUT2D eigenvalue weighted by molar-refractivity contribution is 0.502. The van der Waals surface area contributed by atoms with E-state index < -0.39 is 0 Å². The lowest BCUT2D eigenvalue weighted by Gasteiger charge is -2.10. The maximum absolute atomic E-state index is 5.89. The van der Waals surface area contributed by atoms with E-state index in [2.05, 4.69) is 24.2 Å². The number of hydrogen-bond acceptors (Lipinski definition) is 3. The summed E-state index contributed by atoms with van der Waals surface area (Å²) in [7, 11) is 0. The number of aryl methyl sites for hydroxylation is 1. The number of nitrogens with zero attached hydrogens (tertiary/aromatic N) is 3. The molecular weight excluding hydrogens is 152 g/mol. The quantitative estimate of drug-likeness (QED) is 0.731. The van der Waals surface area contributed by atoms with Gasteiger partial charge in [-0.1, -0.05) is 19.1 Å². The van der Waals surface area contributed by atoms with Crippen LogP contribution in [0.1, 0.15) is 32.5 Å². The van der Waals surface area contributed by atoms with Gasteiger partial charge in [-0.05, 0) is 12.8 Å². The normalized spacial score (nSPS) is 13.8. The van der Waals surface area contributed by atoms with Crippen molar-refractivity contribution in [1.29, 1.82) is 0 Å². The van der Waals surface area contributed by atoms with Crippen LogP contribution in [0, 0.1) is 5.92 Å². The van der Waals surface area contributed by atoms with Crippen LogP contribution in [0.2, 0.25) is 0 Å². The summed E-state index contributed by atoms with van der Waals surface area (Å²) in [5, 5.41) is 7.92. The summed E-state index contributed by atoms with van der Waals surface area (Å²) in [6.07, 6.45) is 1.91. The van der Waals surface area contributed by atoms with Crippen LogP contribution in [-0.4, -0.2) is 15.0 Å². The molecule has 0 aliphatic rings. The zero-order valence-corrected chi connectivity index (χ0v) is 7.86. The Labute approximate surface area is 72.8 Å². The van der Waals surface area contributed by atoms with Crippen LogP contribution < -0.4 is 5.73 Å². The van der Waals surface area contributed by atoms with Crippen LogP contribution in [0.15, 0.2) is 6.20 Å². The zero-order chi connectivity index (χ0) is 9.14. The molecule has 0 aliphatic heterocycles. The van der Waals surface area contributed by atoms with Gasteiger partial charge >= 0.3 is 0 Å². The molecule has 1 heterocycles. The van der Waals surface area contributed by atoms with E-state index in [0.29, 0.717) is 5.92 Å². The Balaban J connectivity index is 2.74. The minimum Gasteiger partial charge on any atom is -0.322 e. The smallest absolute Gasteiger partial charge is 0.0996 e. The predicted molar refractivity (Wildman–Crippen MR) is 47.5 cm³/mol. The van der Waals surface area contributed by atoms with Crippen molar-refractivity contribution in [2.24, 2.45) is 11.7 Å². The highest BCUT2D eigenvalue weighted by molar-refractivity contribution is 5.00.